The Hall–Kier alpha value is -2.22. The maximum absolute atomic E-state index is 12.4. The van der Waals surface area contributed by atoms with Gasteiger partial charge in [-0.2, -0.15) is 0 Å². The number of aliphatic hydroxyl groups is 1. The molecule has 108 valence electrons. The third-order valence-corrected chi connectivity index (χ3v) is 3.40. The number of amides is 1. The summed E-state index contributed by atoms with van der Waals surface area (Å²) in [6, 6.07) is 1.38. The number of nitrogens with zero attached hydrogens (tertiary/aromatic N) is 3. The summed E-state index contributed by atoms with van der Waals surface area (Å²) in [7, 11) is 1.63. The second-order valence-electron chi connectivity index (χ2n) is 4.68. The lowest BCUT2D eigenvalue weighted by Gasteiger charge is -2.16. The molecule has 1 amide bonds. The first-order valence-electron chi connectivity index (χ1n) is 6.29. The number of hydrogen-bond acceptors (Lipinski definition) is 6. The van der Waals surface area contributed by atoms with Crippen LogP contribution in [0, 0.1) is 16.0 Å². The van der Waals surface area contributed by atoms with Gasteiger partial charge in [0.2, 0.25) is 0 Å². The van der Waals surface area contributed by atoms with Crippen molar-refractivity contribution in [1.29, 1.82) is 0 Å². The van der Waals surface area contributed by atoms with Gasteiger partial charge in [0.15, 0.2) is 0 Å². The molecule has 0 radical (unpaired) electrons. The molecule has 0 bridgehead atoms. The van der Waals surface area contributed by atoms with Crippen LogP contribution in [0.1, 0.15) is 16.8 Å². The topological polar surface area (TPSA) is 109 Å². The van der Waals surface area contributed by atoms with Gasteiger partial charge >= 0.3 is 0 Å². The highest BCUT2D eigenvalue weighted by molar-refractivity contribution is 5.98. The molecule has 0 aromatic carbocycles. The third kappa shape index (κ3) is 2.69. The molecule has 1 saturated heterocycles. The molecule has 0 aliphatic carbocycles. The van der Waals surface area contributed by atoms with Crippen LogP contribution in [0.25, 0.3) is 0 Å². The largest absolute Gasteiger partial charge is 0.396 e. The predicted octanol–water partition coefficient (Wildman–Crippen LogP) is 0.486. The normalized spacial score (nSPS) is 18.1. The molecule has 2 N–H and O–H groups in total. The molecule has 0 saturated carbocycles. The average molecular weight is 280 g/mol. The van der Waals surface area contributed by atoms with E-state index in [1.54, 1.807) is 7.05 Å². The zero-order valence-corrected chi connectivity index (χ0v) is 11.1. The summed E-state index contributed by atoms with van der Waals surface area (Å²) in [5.74, 6) is 0.0482. The fourth-order valence-electron chi connectivity index (χ4n) is 2.24. The van der Waals surface area contributed by atoms with E-state index in [2.05, 4.69) is 10.3 Å². The van der Waals surface area contributed by atoms with Gasteiger partial charge in [-0.3, -0.25) is 14.9 Å². The summed E-state index contributed by atoms with van der Waals surface area (Å²) in [6.07, 6.45) is 1.79. The van der Waals surface area contributed by atoms with E-state index in [1.165, 1.54) is 11.0 Å². The SMILES string of the molecule is CNc1cc(C(=O)N2CCC(CO)C2)c([N+](=O)[O-])cn1. The van der Waals surface area contributed by atoms with Gasteiger partial charge in [-0.05, 0) is 6.42 Å². The summed E-state index contributed by atoms with van der Waals surface area (Å²) in [4.78, 5) is 28.2. The molecule has 1 aliphatic heterocycles. The number of rotatable bonds is 4. The minimum Gasteiger partial charge on any atom is -0.396 e. The zero-order chi connectivity index (χ0) is 14.7. The molecule has 1 aliphatic rings. The van der Waals surface area contributed by atoms with Gasteiger partial charge in [-0.15, -0.1) is 0 Å². The first kappa shape index (κ1) is 14.2. The molecule has 1 fully saturated rings. The highest BCUT2D eigenvalue weighted by Gasteiger charge is 2.30. The first-order valence-corrected chi connectivity index (χ1v) is 6.29. The Morgan fingerprint density at radius 1 is 1.70 bits per heavy atom. The van der Waals surface area contributed by atoms with Gasteiger partial charge in [-0.1, -0.05) is 0 Å². The molecule has 8 nitrogen and oxygen atoms in total. The van der Waals surface area contributed by atoms with Gasteiger partial charge in [0.05, 0.1) is 4.92 Å². The minimum absolute atomic E-state index is 0.0178. The number of aliphatic hydroxyl groups excluding tert-OH is 1. The Bertz CT molecular complexity index is 534. The van der Waals surface area contributed by atoms with Crippen molar-refractivity contribution >= 4 is 17.4 Å². The quantitative estimate of drug-likeness (QED) is 0.613. The zero-order valence-electron chi connectivity index (χ0n) is 11.1. The van der Waals surface area contributed by atoms with Crippen molar-refractivity contribution in [2.75, 3.05) is 32.1 Å². The van der Waals surface area contributed by atoms with Crippen molar-refractivity contribution in [3.05, 3.63) is 27.9 Å². The molecular formula is C12H16N4O4. The average Bonchev–Trinajstić information content (AvgIpc) is 2.94. The Kier molecular flexibility index (Phi) is 4.14. The monoisotopic (exact) mass is 280 g/mol. The molecule has 1 aromatic heterocycles. The van der Waals surface area contributed by atoms with Crippen molar-refractivity contribution in [2.24, 2.45) is 5.92 Å². The summed E-state index contributed by atoms with van der Waals surface area (Å²) in [5.41, 5.74) is -0.283. The molecule has 8 heteroatoms. The van der Waals surface area contributed by atoms with Gasteiger partial charge in [0, 0.05) is 38.7 Å². The maximum atomic E-state index is 12.4. The van der Waals surface area contributed by atoms with Gasteiger partial charge < -0.3 is 15.3 Å². The van der Waals surface area contributed by atoms with Crippen LogP contribution in [0.5, 0.6) is 0 Å². The van der Waals surface area contributed by atoms with E-state index in [4.69, 9.17) is 5.11 Å². The lowest BCUT2D eigenvalue weighted by Crippen LogP contribution is -2.29. The fraction of sp³-hybridized carbons (Fsp3) is 0.500. The Morgan fingerprint density at radius 3 is 3.00 bits per heavy atom. The van der Waals surface area contributed by atoms with Crippen LogP contribution in [0.4, 0.5) is 11.5 Å². The minimum atomic E-state index is -0.612. The van der Waals surface area contributed by atoms with E-state index in [0.29, 0.717) is 25.3 Å². The number of nitrogens with one attached hydrogen (secondary N) is 1. The molecule has 2 rings (SSSR count). The third-order valence-electron chi connectivity index (χ3n) is 3.40. The predicted molar refractivity (Wildman–Crippen MR) is 71.5 cm³/mol. The van der Waals surface area contributed by atoms with Gasteiger partial charge in [0.1, 0.15) is 17.6 Å². The van der Waals surface area contributed by atoms with Crippen molar-refractivity contribution in [3.8, 4) is 0 Å². The molecule has 2 heterocycles. The van der Waals surface area contributed by atoms with Gasteiger partial charge in [0.25, 0.3) is 11.6 Å². The highest BCUT2D eigenvalue weighted by Crippen LogP contribution is 2.25. The second-order valence-corrected chi connectivity index (χ2v) is 4.68. The van der Waals surface area contributed by atoms with E-state index in [1.807, 2.05) is 0 Å². The lowest BCUT2D eigenvalue weighted by molar-refractivity contribution is -0.385. The Labute approximate surface area is 115 Å². The highest BCUT2D eigenvalue weighted by atomic mass is 16.6. The number of nitro groups is 1. The first-order chi connectivity index (χ1) is 9.56. The van der Waals surface area contributed by atoms with Crippen LogP contribution in [-0.4, -0.2) is 52.6 Å². The number of aromatic nitrogens is 1. The van der Waals surface area contributed by atoms with Crippen molar-refractivity contribution in [3.63, 3.8) is 0 Å². The number of hydrogen-bond donors (Lipinski definition) is 2. The lowest BCUT2D eigenvalue weighted by atomic mass is 10.1. The van der Waals surface area contributed by atoms with E-state index >= 15 is 0 Å². The summed E-state index contributed by atoms with van der Waals surface area (Å²) >= 11 is 0. The van der Waals surface area contributed by atoms with Crippen LogP contribution in [-0.2, 0) is 0 Å². The summed E-state index contributed by atoms with van der Waals surface area (Å²) in [6.45, 7) is 0.937. The van der Waals surface area contributed by atoms with Crippen molar-refractivity contribution < 1.29 is 14.8 Å². The van der Waals surface area contributed by atoms with Crippen LogP contribution in [0.15, 0.2) is 12.3 Å². The standard InChI is InChI=1S/C12H16N4O4/c1-13-11-4-9(10(5-14-11)16(19)20)12(18)15-3-2-8(6-15)7-17/h4-5,8,17H,2-3,6-7H2,1H3,(H,13,14). The van der Waals surface area contributed by atoms with E-state index < -0.39 is 10.8 Å². The van der Waals surface area contributed by atoms with Crippen LogP contribution < -0.4 is 5.32 Å². The molecule has 1 aromatic rings. The Balaban J connectivity index is 2.30. The van der Waals surface area contributed by atoms with Crippen LogP contribution in [0.2, 0.25) is 0 Å². The second kappa shape index (κ2) is 5.83. The molecule has 1 atom stereocenters. The molecular weight excluding hydrogens is 264 g/mol. The van der Waals surface area contributed by atoms with E-state index in [-0.39, 0.29) is 23.8 Å². The number of carbonyl (C=O) groups is 1. The number of likely N-dealkylation sites (tertiary alicyclic amines) is 1. The number of anilines is 1. The number of pyridine rings is 1. The summed E-state index contributed by atoms with van der Waals surface area (Å²) < 4.78 is 0. The van der Waals surface area contributed by atoms with Crippen LogP contribution >= 0.6 is 0 Å². The van der Waals surface area contributed by atoms with Crippen molar-refractivity contribution in [1.82, 2.24) is 9.88 Å². The van der Waals surface area contributed by atoms with Crippen molar-refractivity contribution in [2.45, 2.75) is 6.42 Å². The summed E-state index contributed by atoms with van der Waals surface area (Å²) in [5, 5.41) is 22.8. The molecule has 20 heavy (non-hydrogen) atoms. The molecule has 0 spiro atoms. The molecule has 1 unspecified atom stereocenters. The maximum Gasteiger partial charge on any atom is 0.300 e. The van der Waals surface area contributed by atoms with E-state index in [9.17, 15) is 14.9 Å². The van der Waals surface area contributed by atoms with Crippen LogP contribution in [0.3, 0.4) is 0 Å². The number of carbonyl (C=O) groups excluding carboxylic acids is 1. The van der Waals surface area contributed by atoms with E-state index in [0.717, 1.165) is 6.20 Å². The fourth-order valence-corrected chi connectivity index (χ4v) is 2.24. The Morgan fingerprint density at radius 2 is 2.45 bits per heavy atom. The van der Waals surface area contributed by atoms with Gasteiger partial charge in [-0.25, -0.2) is 4.98 Å². The smallest absolute Gasteiger partial charge is 0.300 e.